The summed E-state index contributed by atoms with van der Waals surface area (Å²) in [6.45, 7) is -0.931. The number of aryl methyl sites for hydroxylation is 1. The number of alkyl halides is 2. The Labute approximate surface area is 51.1 Å². The van der Waals surface area contributed by atoms with Gasteiger partial charge in [-0.05, 0) is 13.0 Å². The standard InChI is InChI=1S/C5H6F2N2/c1-4-2-3-8-9(4)5(6)7/h2-3,5H,1H3. The predicted octanol–water partition coefficient (Wildman–Crippen LogP) is 1.59. The van der Waals surface area contributed by atoms with E-state index in [1.165, 1.54) is 12.3 Å². The second kappa shape index (κ2) is 2.13. The Bertz CT molecular complexity index is 195. The molecule has 2 nitrogen and oxygen atoms in total. The zero-order valence-corrected chi connectivity index (χ0v) is 4.88. The van der Waals surface area contributed by atoms with E-state index in [1.54, 1.807) is 6.92 Å². The number of rotatable bonds is 1. The van der Waals surface area contributed by atoms with Gasteiger partial charge < -0.3 is 0 Å². The summed E-state index contributed by atoms with van der Waals surface area (Å²) < 4.78 is 24.2. The first kappa shape index (κ1) is 6.19. The van der Waals surface area contributed by atoms with Crippen LogP contribution in [0.4, 0.5) is 8.78 Å². The van der Waals surface area contributed by atoms with Gasteiger partial charge in [0.1, 0.15) is 0 Å². The smallest absolute Gasteiger partial charge is 0.209 e. The van der Waals surface area contributed by atoms with Gasteiger partial charge in [-0.25, -0.2) is 4.68 Å². The molecule has 0 spiro atoms. The molecule has 4 heteroatoms. The van der Waals surface area contributed by atoms with Crippen molar-refractivity contribution in [2.45, 2.75) is 13.5 Å². The molecule has 0 radical (unpaired) electrons. The molecular weight excluding hydrogens is 126 g/mol. The van der Waals surface area contributed by atoms with Crippen LogP contribution in [0.15, 0.2) is 12.3 Å². The molecule has 1 heterocycles. The molecule has 9 heavy (non-hydrogen) atoms. The maximum absolute atomic E-state index is 11.8. The third-order valence-corrected chi connectivity index (χ3v) is 1.05. The van der Waals surface area contributed by atoms with Crippen molar-refractivity contribution in [2.75, 3.05) is 0 Å². The number of aromatic nitrogens is 2. The topological polar surface area (TPSA) is 17.8 Å². The fraction of sp³-hybridized carbons (Fsp3) is 0.400. The van der Waals surface area contributed by atoms with E-state index >= 15 is 0 Å². The quantitative estimate of drug-likeness (QED) is 0.567. The van der Waals surface area contributed by atoms with E-state index in [0.29, 0.717) is 10.4 Å². The Balaban J connectivity index is 2.94. The fourth-order valence-electron chi connectivity index (χ4n) is 0.585. The van der Waals surface area contributed by atoms with Crippen LogP contribution in [0, 0.1) is 6.92 Å². The van der Waals surface area contributed by atoms with Crippen LogP contribution in [-0.2, 0) is 0 Å². The minimum Gasteiger partial charge on any atom is -0.209 e. The molecule has 0 aromatic carbocycles. The van der Waals surface area contributed by atoms with Crippen LogP contribution in [0.1, 0.15) is 12.2 Å². The molecule has 1 aromatic heterocycles. The van der Waals surface area contributed by atoms with E-state index in [2.05, 4.69) is 5.10 Å². The molecule has 0 amide bonds. The molecule has 0 aliphatic rings. The Morgan fingerprint density at radius 1 is 1.67 bits per heavy atom. The molecule has 0 saturated heterocycles. The largest absolute Gasteiger partial charge is 0.333 e. The highest BCUT2D eigenvalue weighted by Gasteiger charge is 2.06. The molecule has 0 saturated carbocycles. The highest BCUT2D eigenvalue weighted by Crippen LogP contribution is 2.09. The maximum Gasteiger partial charge on any atom is 0.333 e. The average molecular weight is 132 g/mol. The summed E-state index contributed by atoms with van der Waals surface area (Å²) >= 11 is 0. The second-order valence-corrected chi connectivity index (χ2v) is 1.69. The van der Waals surface area contributed by atoms with Gasteiger partial charge in [0.25, 0.3) is 0 Å². The summed E-state index contributed by atoms with van der Waals surface area (Å²) in [7, 11) is 0. The summed E-state index contributed by atoms with van der Waals surface area (Å²) in [5.74, 6) is 0. The summed E-state index contributed by atoms with van der Waals surface area (Å²) in [5, 5.41) is 3.38. The first-order valence-electron chi connectivity index (χ1n) is 2.50. The van der Waals surface area contributed by atoms with Crippen molar-refractivity contribution in [1.29, 1.82) is 0 Å². The lowest BCUT2D eigenvalue weighted by Crippen LogP contribution is -2.01. The van der Waals surface area contributed by atoms with Crippen LogP contribution in [0.3, 0.4) is 0 Å². The number of nitrogens with zero attached hydrogens (tertiary/aromatic N) is 2. The Kier molecular flexibility index (Phi) is 1.46. The summed E-state index contributed by atoms with van der Waals surface area (Å²) in [5.41, 5.74) is 0.477. The fourth-order valence-corrected chi connectivity index (χ4v) is 0.585. The molecule has 0 aliphatic carbocycles. The molecule has 0 N–H and O–H groups in total. The van der Waals surface area contributed by atoms with Gasteiger partial charge in [0.2, 0.25) is 0 Å². The van der Waals surface area contributed by atoms with Crippen LogP contribution < -0.4 is 0 Å². The minimum atomic E-state index is -2.51. The van der Waals surface area contributed by atoms with Crippen molar-refractivity contribution in [1.82, 2.24) is 9.78 Å². The van der Waals surface area contributed by atoms with Crippen LogP contribution in [0.2, 0.25) is 0 Å². The normalized spacial score (nSPS) is 10.7. The SMILES string of the molecule is Cc1ccnn1C(F)F. The highest BCUT2D eigenvalue weighted by molar-refractivity contribution is 4.96. The number of hydrogen-bond acceptors (Lipinski definition) is 1. The second-order valence-electron chi connectivity index (χ2n) is 1.69. The summed E-state index contributed by atoms with van der Waals surface area (Å²) in [6, 6.07) is 1.53. The van der Waals surface area contributed by atoms with Gasteiger partial charge in [0.15, 0.2) is 0 Å². The predicted molar refractivity (Wildman–Crippen MR) is 28.2 cm³/mol. The molecule has 0 aliphatic heterocycles. The molecular formula is C5H6F2N2. The van der Waals surface area contributed by atoms with Crippen molar-refractivity contribution >= 4 is 0 Å². The van der Waals surface area contributed by atoms with Crippen LogP contribution in [0.5, 0.6) is 0 Å². The summed E-state index contributed by atoms with van der Waals surface area (Å²) in [4.78, 5) is 0. The number of hydrogen-bond donors (Lipinski definition) is 0. The van der Waals surface area contributed by atoms with E-state index < -0.39 is 6.55 Å². The van der Waals surface area contributed by atoms with Crippen molar-refractivity contribution < 1.29 is 8.78 Å². The van der Waals surface area contributed by atoms with E-state index in [4.69, 9.17) is 0 Å². The molecule has 0 fully saturated rings. The molecule has 1 rings (SSSR count). The molecule has 0 bridgehead atoms. The van der Waals surface area contributed by atoms with Gasteiger partial charge in [-0.15, -0.1) is 0 Å². The zero-order valence-electron chi connectivity index (χ0n) is 4.88. The van der Waals surface area contributed by atoms with Gasteiger partial charge in [0.05, 0.1) is 0 Å². The monoisotopic (exact) mass is 132 g/mol. The highest BCUT2D eigenvalue weighted by atomic mass is 19.3. The van der Waals surface area contributed by atoms with Crippen molar-refractivity contribution in [3.63, 3.8) is 0 Å². The van der Waals surface area contributed by atoms with E-state index in [-0.39, 0.29) is 0 Å². The minimum absolute atomic E-state index is 0.477. The van der Waals surface area contributed by atoms with Gasteiger partial charge in [-0.1, -0.05) is 0 Å². The zero-order chi connectivity index (χ0) is 6.85. The molecule has 0 unspecified atom stereocenters. The first-order chi connectivity index (χ1) is 4.22. The van der Waals surface area contributed by atoms with E-state index in [9.17, 15) is 8.78 Å². The Hall–Kier alpha value is -0.930. The number of halogens is 2. The van der Waals surface area contributed by atoms with Crippen LogP contribution in [0.25, 0.3) is 0 Å². The maximum atomic E-state index is 11.8. The first-order valence-corrected chi connectivity index (χ1v) is 2.50. The lowest BCUT2D eigenvalue weighted by atomic mass is 10.5. The van der Waals surface area contributed by atoms with Crippen molar-refractivity contribution in [2.24, 2.45) is 0 Å². The van der Waals surface area contributed by atoms with Gasteiger partial charge in [-0.3, -0.25) is 0 Å². The van der Waals surface area contributed by atoms with Gasteiger partial charge in [-0.2, -0.15) is 13.9 Å². The molecule has 1 aromatic rings. The summed E-state index contributed by atoms with van der Waals surface area (Å²) in [6.07, 6.45) is 1.35. The van der Waals surface area contributed by atoms with Crippen LogP contribution >= 0.6 is 0 Å². The third kappa shape index (κ3) is 1.06. The third-order valence-electron chi connectivity index (χ3n) is 1.05. The lowest BCUT2D eigenvalue weighted by molar-refractivity contribution is 0.0544. The van der Waals surface area contributed by atoms with Gasteiger partial charge in [0, 0.05) is 11.9 Å². The molecule has 0 atom stereocenters. The van der Waals surface area contributed by atoms with E-state index in [0.717, 1.165) is 0 Å². The van der Waals surface area contributed by atoms with Crippen molar-refractivity contribution in [3.8, 4) is 0 Å². The van der Waals surface area contributed by atoms with Crippen LogP contribution in [-0.4, -0.2) is 9.78 Å². The molecule has 50 valence electrons. The van der Waals surface area contributed by atoms with E-state index in [1.807, 2.05) is 0 Å². The lowest BCUT2D eigenvalue weighted by Gasteiger charge is -1.98. The van der Waals surface area contributed by atoms with Gasteiger partial charge >= 0.3 is 6.55 Å². The Morgan fingerprint density at radius 2 is 2.33 bits per heavy atom. The van der Waals surface area contributed by atoms with Crippen molar-refractivity contribution in [3.05, 3.63) is 18.0 Å². The Morgan fingerprint density at radius 3 is 2.56 bits per heavy atom. The average Bonchev–Trinajstić information content (AvgIpc) is 2.13.